The van der Waals surface area contributed by atoms with E-state index in [1.54, 1.807) is 4.57 Å². The van der Waals surface area contributed by atoms with Gasteiger partial charge in [0.2, 0.25) is 0 Å². The first kappa shape index (κ1) is 20.8. The minimum Gasteiger partial charge on any atom is -0.309 e. The average molecular weight is 456 g/mol. The number of fused-ring (bicyclic) bond motifs is 1. The molecule has 0 radical (unpaired) electrons. The molecule has 2 heterocycles. The molecule has 27 heavy (non-hydrogen) atoms. The number of rotatable bonds is 5. The van der Waals surface area contributed by atoms with Crippen molar-refractivity contribution in [3.05, 3.63) is 37.8 Å². The summed E-state index contributed by atoms with van der Waals surface area (Å²) in [6.07, 6.45) is 2.01. The van der Waals surface area contributed by atoms with E-state index in [-0.39, 0.29) is 11.6 Å². The maximum atomic E-state index is 13.3. The van der Waals surface area contributed by atoms with E-state index in [1.165, 1.54) is 0 Å². The topological polar surface area (TPSA) is 50.2 Å². The van der Waals surface area contributed by atoms with Crippen LogP contribution in [0.4, 0.5) is 0 Å². The lowest BCUT2D eigenvalue weighted by Crippen LogP contribution is -2.55. The summed E-state index contributed by atoms with van der Waals surface area (Å²) < 4.78 is 2.53. The quantitative estimate of drug-likeness (QED) is 0.728. The van der Waals surface area contributed by atoms with Crippen LogP contribution in [-0.4, -0.2) is 39.6 Å². The lowest BCUT2D eigenvalue weighted by molar-refractivity contribution is 0.109. The van der Waals surface area contributed by atoms with Crippen LogP contribution >= 0.6 is 27.5 Å². The fourth-order valence-corrected chi connectivity index (χ4v) is 4.76. The molecular weight excluding hydrogens is 428 g/mol. The molecule has 1 N–H and O–H groups in total. The summed E-state index contributed by atoms with van der Waals surface area (Å²) in [5.74, 6) is 0.858. The molecule has 1 aliphatic rings. The van der Waals surface area contributed by atoms with E-state index in [0.29, 0.717) is 34.6 Å². The van der Waals surface area contributed by atoms with E-state index in [0.717, 1.165) is 36.2 Å². The molecule has 2 aromatic rings. The van der Waals surface area contributed by atoms with E-state index in [1.807, 2.05) is 19.1 Å². The fourth-order valence-electron chi connectivity index (χ4n) is 4.19. The second-order valence-corrected chi connectivity index (χ2v) is 8.73. The molecule has 3 rings (SSSR count). The summed E-state index contributed by atoms with van der Waals surface area (Å²) in [4.78, 5) is 20.7. The summed E-state index contributed by atoms with van der Waals surface area (Å²) in [6, 6.07) is 4.70. The number of nitrogens with zero attached hydrogens (tertiary/aromatic N) is 3. The molecule has 0 saturated carbocycles. The van der Waals surface area contributed by atoms with Gasteiger partial charge in [0.05, 0.1) is 22.0 Å². The molecular formula is C20H28BrClN4O. The summed E-state index contributed by atoms with van der Waals surface area (Å²) in [7, 11) is 0. The van der Waals surface area contributed by atoms with E-state index in [2.05, 4.69) is 46.9 Å². The third-order valence-corrected chi connectivity index (χ3v) is 6.53. The SMILES string of the molecule is CCCC(c1nc2ccc(Br)c(Cl)c2c(=O)n1CC)N1C[C@@H](C)N[C@@H](C)C1. The summed E-state index contributed by atoms with van der Waals surface area (Å²) in [6.45, 7) is 11.1. The standard InChI is InChI=1S/C20H28BrClN4O/c1-5-7-16(25-10-12(3)23-13(4)11-25)19-24-15-9-8-14(21)18(22)17(15)20(27)26(19)6-2/h8-9,12-13,16,23H,5-7,10-11H2,1-4H3/t12-,13+,16?. The van der Waals surface area contributed by atoms with Gasteiger partial charge in [-0.1, -0.05) is 24.9 Å². The first-order valence-electron chi connectivity index (χ1n) is 9.75. The normalized spacial score (nSPS) is 22.3. The number of halogens is 2. The predicted octanol–water partition coefficient (Wildman–Crippen LogP) is 4.36. The Balaban J connectivity index is 2.17. The van der Waals surface area contributed by atoms with Gasteiger partial charge in [-0.2, -0.15) is 0 Å². The van der Waals surface area contributed by atoms with Crippen LogP contribution in [0.2, 0.25) is 5.02 Å². The molecule has 1 aliphatic heterocycles. The largest absolute Gasteiger partial charge is 0.309 e. The van der Waals surface area contributed by atoms with Gasteiger partial charge in [0, 0.05) is 36.2 Å². The van der Waals surface area contributed by atoms with Gasteiger partial charge in [0.1, 0.15) is 5.82 Å². The second kappa shape index (κ2) is 8.60. The van der Waals surface area contributed by atoms with Crippen LogP contribution in [-0.2, 0) is 6.54 Å². The zero-order valence-electron chi connectivity index (χ0n) is 16.4. The number of nitrogens with one attached hydrogen (secondary N) is 1. The van der Waals surface area contributed by atoms with Gasteiger partial charge in [-0.3, -0.25) is 14.3 Å². The van der Waals surface area contributed by atoms with Gasteiger partial charge in [-0.05, 0) is 55.3 Å². The van der Waals surface area contributed by atoms with Gasteiger partial charge in [-0.25, -0.2) is 4.98 Å². The Morgan fingerprint density at radius 3 is 2.56 bits per heavy atom. The van der Waals surface area contributed by atoms with E-state index in [4.69, 9.17) is 16.6 Å². The highest BCUT2D eigenvalue weighted by Gasteiger charge is 2.30. The molecule has 3 atom stereocenters. The van der Waals surface area contributed by atoms with Crippen molar-refractivity contribution in [2.75, 3.05) is 13.1 Å². The molecule has 0 amide bonds. The summed E-state index contributed by atoms with van der Waals surface area (Å²) in [5, 5.41) is 4.52. The molecule has 1 saturated heterocycles. The van der Waals surface area contributed by atoms with Crippen molar-refractivity contribution in [1.29, 1.82) is 0 Å². The Hall–Kier alpha value is -0.950. The monoisotopic (exact) mass is 454 g/mol. The van der Waals surface area contributed by atoms with Gasteiger partial charge in [0.15, 0.2) is 0 Å². The lowest BCUT2D eigenvalue weighted by Gasteiger charge is -2.41. The molecule has 1 aromatic carbocycles. The molecule has 0 spiro atoms. The van der Waals surface area contributed by atoms with E-state index in [9.17, 15) is 4.79 Å². The highest BCUT2D eigenvalue weighted by atomic mass is 79.9. The number of hydrogen-bond acceptors (Lipinski definition) is 4. The Morgan fingerprint density at radius 2 is 1.96 bits per heavy atom. The van der Waals surface area contributed by atoms with Gasteiger partial charge in [0.25, 0.3) is 5.56 Å². The van der Waals surface area contributed by atoms with E-state index >= 15 is 0 Å². The molecule has 1 fully saturated rings. The zero-order valence-corrected chi connectivity index (χ0v) is 18.8. The van der Waals surface area contributed by atoms with Crippen molar-refractivity contribution in [1.82, 2.24) is 19.8 Å². The lowest BCUT2D eigenvalue weighted by atomic mass is 10.0. The van der Waals surface area contributed by atoms with E-state index < -0.39 is 0 Å². The number of piperazine rings is 1. The van der Waals surface area contributed by atoms with Crippen molar-refractivity contribution in [3.8, 4) is 0 Å². The molecule has 5 nitrogen and oxygen atoms in total. The second-order valence-electron chi connectivity index (χ2n) is 7.50. The van der Waals surface area contributed by atoms with Crippen molar-refractivity contribution in [3.63, 3.8) is 0 Å². The van der Waals surface area contributed by atoms with Gasteiger partial charge in [-0.15, -0.1) is 0 Å². The smallest absolute Gasteiger partial charge is 0.262 e. The van der Waals surface area contributed by atoms with Crippen LogP contribution in [0, 0.1) is 0 Å². The Morgan fingerprint density at radius 1 is 1.30 bits per heavy atom. The predicted molar refractivity (Wildman–Crippen MR) is 116 cm³/mol. The minimum absolute atomic E-state index is 0.0545. The third kappa shape index (κ3) is 4.09. The van der Waals surface area contributed by atoms with Crippen LogP contribution in [0.3, 0.4) is 0 Å². The zero-order chi connectivity index (χ0) is 19.7. The molecule has 1 aromatic heterocycles. The highest BCUT2D eigenvalue weighted by molar-refractivity contribution is 9.10. The Labute approximate surface area is 174 Å². The van der Waals surface area contributed by atoms with Crippen molar-refractivity contribution in [2.45, 2.75) is 65.2 Å². The fraction of sp³-hybridized carbons (Fsp3) is 0.600. The summed E-state index contributed by atoms with van der Waals surface area (Å²) >= 11 is 9.84. The minimum atomic E-state index is -0.0545. The average Bonchev–Trinajstić information content (AvgIpc) is 2.61. The Bertz CT molecular complexity index is 874. The van der Waals surface area contributed by atoms with Crippen LogP contribution in [0.1, 0.15) is 52.4 Å². The molecule has 0 bridgehead atoms. The van der Waals surface area contributed by atoms with Gasteiger partial charge >= 0.3 is 0 Å². The molecule has 0 aliphatic carbocycles. The third-order valence-electron chi connectivity index (χ3n) is 5.25. The number of aromatic nitrogens is 2. The number of benzene rings is 1. The van der Waals surface area contributed by atoms with Gasteiger partial charge < -0.3 is 5.32 Å². The Kier molecular flexibility index (Phi) is 6.62. The first-order valence-corrected chi connectivity index (χ1v) is 10.9. The first-order chi connectivity index (χ1) is 12.9. The maximum Gasteiger partial charge on any atom is 0.262 e. The van der Waals surface area contributed by atoms with Crippen molar-refractivity contribution >= 4 is 38.4 Å². The number of hydrogen-bond donors (Lipinski definition) is 1. The molecule has 148 valence electrons. The van der Waals surface area contributed by atoms with Crippen LogP contribution in [0.15, 0.2) is 21.4 Å². The van der Waals surface area contributed by atoms with Crippen molar-refractivity contribution < 1.29 is 0 Å². The maximum absolute atomic E-state index is 13.3. The molecule has 1 unspecified atom stereocenters. The summed E-state index contributed by atoms with van der Waals surface area (Å²) in [5.41, 5.74) is 0.617. The van der Waals surface area contributed by atoms with Crippen LogP contribution in [0.25, 0.3) is 10.9 Å². The molecule has 7 heteroatoms. The van der Waals surface area contributed by atoms with Crippen LogP contribution < -0.4 is 10.9 Å². The van der Waals surface area contributed by atoms with Crippen molar-refractivity contribution in [2.24, 2.45) is 0 Å². The van der Waals surface area contributed by atoms with Crippen LogP contribution in [0.5, 0.6) is 0 Å². The highest BCUT2D eigenvalue weighted by Crippen LogP contribution is 2.31.